The lowest BCUT2D eigenvalue weighted by Gasteiger charge is -2.18. The maximum atomic E-state index is 13.1. The van der Waals surface area contributed by atoms with Crippen LogP contribution in [0.1, 0.15) is 34.6 Å². The van der Waals surface area contributed by atoms with Crippen LogP contribution in [-0.2, 0) is 14.3 Å². The second-order valence-electron chi connectivity index (χ2n) is 8.64. The van der Waals surface area contributed by atoms with Crippen LogP contribution in [0.4, 0.5) is 17.1 Å². The number of halogens is 2. The Balaban J connectivity index is 1.47. The first kappa shape index (κ1) is 27.7. The third-order valence-electron chi connectivity index (χ3n) is 5.52. The number of methoxy groups -OCH3 is 1. The molecule has 0 atom stereocenters. The summed E-state index contributed by atoms with van der Waals surface area (Å²) in [4.78, 5) is 51.7. The number of benzene rings is 3. The molecule has 1 aliphatic heterocycles. The fourth-order valence-electron chi connectivity index (χ4n) is 3.73. The number of hydrogen-bond acceptors (Lipinski definition) is 7. The maximum Gasteiger partial charge on any atom is 0.338 e. The molecule has 3 aromatic rings. The smallest absolute Gasteiger partial charge is 0.338 e. The van der Waals surface area contributed by atoms with Crippen molar-refractivity contribution in [2.24, 2.45) is 0 Å². The van der Waals surface area contributed by atoms with Gasteiger partial charge in [-0.1, -0.05) is 29.3 Å². The summed E-state index contributed by atoms with van der Waals surface area (Å²) in [5.74, 6) is -2.07. The van der Waals surface area contributed by atoms with E-state index in [0.29, 0.717) is 27.5 Å². The third-order valence-corrected chi connectivity index (χ3v) is 6.11. The van der Waals surface area contributed by atoms with E-state index in [2.05, 4.69) is 10.6 Å². The van der Waals surface area contributed by atoms with E-state index in [-0.39, 0.29) is 28.3 Å². The van der Waals surface area contributed by atoms with Gasteiger partial charge in [0, 0.05) is 22.0 Å². The van der Waals surface area contributed by atoms with Crippen molar-refractivity contribution in [3.8, 4) is 5.75 Å². The van der Waals surface area contributed by atoms with E-state index in [0.717, 1.165) is 4.90 Å². The Bertz CT molecular complexity index is 1500. The lowest BCUT2D eigenvalue weighted by Crippen LogP contribution is -2.32. The van der Waals surface area contributed by atoms with Crippen molar-refractivity contribution in [2.75, 3.05) is 22.6 Å². The number of imide groups is 1. The molecule has 11 heteroatoms. The number of nitrogens with one attached hydrogen (secondary N) is 2. The Kier molecular flexibility index (Phi) is 8.23. The zero-order chi connectivity index (χ0) is 28.3. The summed E-state index contributed by atoms with van der Waals surface area (Å²) in [6.45, 7) is 3.50. The van der Waals surface area contributed by atoms with Gasteiger partial charge < -0.3 is 20.1 Å². The van der Waals surface area contributed by atoms with Crippen molar-refractivity contribution >= 4 is 64.0 Å². The Morgan fingerprint density at radius 2 is 1.59 bits per heavy atom. The van der Waals surface area contributed by atoms with Gasteiger partial charge >= 0.3 is 5.97 Å². The number of esters is 1. The molecule has 1 aliphatic rings. The Hall–Kier alpha value is -4.34. The molecular formula is C28H23Cl2N3O6. The molecule has 1 heterocycles. The molecule has 0 saturated carbocycles. The first-order valence-electron chi connectivity index (χ1n) is 11.7. The number of ether oxygens (including phenoxy) is 2. The van der Waals surface area contributed by atoms with Crippen molar-refractivity contribution in [1.29, 1.82) is 0 Å². The summed E-state index contributed by atoms with van der Waals surface area (Å²) in [5.41, 5.74) is 1.49. The van der Waals surface area contributed by atoms with Crippen LogP contribution in [0.5, 0.6) is 5.75 Å². The molecule has 9 nitrogen and oxygen atoms in total. The molecule has 0 bridgehead atoms. The fraction of sp³-hybridized carbons (Fsp3) is 0.143. The predicted octanol–water partition coefficient (Wildman–Crippen LogP) is 5.60. The van der Waals surface area contributed by atoms with Crippen LogP contribution in [0.3, 0.4) is 0 Å². The van der Waals surface area contributed by atoms with Gasteiger partial charge in [-0.3, -0.25) is 14.4 Å². The maximum absolute atomic E-state index is 13.1. The van der Waals surface area contributed by atoms with Crippen molar-refractivity contribution in [2.45, 2.75) is 20.0 Å². The molecule has 2 N–H and O–H groups in total. The van der Waals surface area contributed by atoms with Crippen molar-refractivity contribution in [3.05, 3.63) is 93.6 Å². The SMILES string of the molecule is COc1ccc(Cl)cc1N1C(=O)C(Cl)=C(Nc2ccc(C(=O)Nc3cccc(C(=O)OC(C)C)c3)cc2)C1=O. The Labute approximate surface area is 234 Å². The van der Waals surface area contributed by atoms with Gasteiger partial charge in [-0.25, -0.2) is 9.69 Å². The highest BCUT2D eigenvalue weighted by Crippen LogP contribution is 2.37. The quantitative estimate of drug-likeness (QED) is 0.269. The van der Waals surface area contributed by atoms with Crippen molar-refractivity contribution in [1.82, 2.24) is 0 Å². The van der Waals surface area contributed by atoms with Crippen LogP contribution in [0.25, 0.3) is 0 Å². The lowest BCUT2D eigenvalue weighted by atomic mass is 10.1. The molecule has 0 fully saturated rings. The van der Waals surface area contributed by atoms with Crippen LogP contribution in [0.15, 0.2) is 77.5 Å². The van der Waals surface area contributed by atoms with E-state index >= 15 is 0 Å². The summed E-state index contributed by atoms with van der Waals surface area (Å²) in [5, 5.41) is 5.59. The number of carbonyl (C=O) groups excluding carboxylic acids is 4. The molecule has 4 rings (SSSR count). The molecule has 3 aromatic carbocycles. The zero-order valence-electron chi connectivity index (χ0n) is 21.1. The summed E-state index contributed by atoms with van der Waals surface area (Å²) in [6, 6.07) is 17.1. The zero-order valence-corrected chi connectivity index (χ0v) is 22.6. The highest BCUT2D eigenvalue weighted by atomic mass is 35.5. The minimum atomic E-state index is -0.736. The molecular weight excluding hydrogens is 545 g/mol. The van der Waals surface area contributed by atoms with Crippen LogP contribution in [-0.4, -0.2) is 36.9 Å². The van der Waals surface area contributed by atoms with Gasteiger partial charge in [0.1, 0.15) is 16.5 Å². The fourth-order valence-corrected chi connectivity index (χ4v) is 4.11. The number of rotatable bonds is 8. The molecule has 3 amide bonds. The first-order chi connectivity index (χ1) is 18.6. The normalized spacial score (nSPS) is 13.1. The summed E-state index contributed by atoms with van der Waals surface area (Å²) in [6.07, 6.45) is -0.270. The highest BCUT2D eigenvalue weighted by Gasteiger charge is 2.40. The van der Waals surface area contributed by atoms with Crippen molar-refractivity contribution in [3.63, 3.8) is 0 Å². The largest absolute Gasteiger partial charge is 0.495 e. The van der Waals surface area contributed by atoms with Gasteiger partial charge in [-0.15, -0.1) is 0 Å². The number of carbonyl (C=O) groups is 4. The number of anilines is 3. The molecule has 0 aromatic heterocycles. The van der Waals surface area contributed by atoms with Crippen LogP contribution < -0.4 is 20.3 Å². The van der Waals surface area contributed by atoms with Crippen LogP contribution in [0, 0.1) is 0 Å². The number of amides is 3. The average molecular weight is 568 g/mol. The monoisotopic (exact) mass is 567 g/mol. The second-order valence-corrected chi connectivity index (χ2v) is 9.46. The molecule has 0 radical (unpaired) electrons. The van der Waals surface area contributed by atoms with Gasteiger partial charge in [0.15, 0.2) is 0 Å². The molecule has 0 unspecified atom stereocenters. The molecule has 39 heavy (non-hydrogen) atoms. The Morgan fingerprint density at radius 3 is 2.26 bits per heavy atom. The number of hydrogen-bond donors (Lipinski definition) is 2. The number of nitrogens with zero attached hydrogens (tertiary/aromatic N) is 1. The van der Waals surface area contributed by atoms with Gasteiger partial charge in [0.25, 0.3) is 17.7 Å². The predicted molar refractivity (Wildman–Crippen MR) is 148 cm³/mol. The highest BCUT2D eigenvalue weighted by molar-refractivity contribution is 6.53. The summed E-state index contributed by atoms with van der Waals surface area (Å²) < 4.78 is 10.4. The average Bonchev–Trinajstić information content (AvgIpc) is 3.11. The van der Waals surface area contributed by atoms with Crippen LogP contribution >= 0.6 is 23.2 Å². The topological polar surface area (TPSA) is 114 Å². The first-order valence-corrected chi connectivity index (χ1v) is 12.5. The van der Waals surface area contributed by atoms with E-state index in [4.69, 9.17) is 32.7 Å². The molecule has 0 spiro atoms. The van der Waals surface area contributed by atoms with E-state index < -0.39 is 23.7 Å². The van der Waals surface area contributed by atoms with E-state index in [1.54, 1.807) is 50.2 Å². The van der Waals surface area contributed by atoms with Crippen LogP contribution in [0.2, 0.25) is 5.02 Å². The van der Waals surface area contributed by atoms with Gasteiger partial charge in [-0.2, -0.15) is 0 Å². The third kappa shape index (κ3) is 6.05. The standard InChI is InChI=1S/C28H23Cl2N3O6/c1-15(2)39-28(37)17-5-4-6-20(13-17)32-25(34)16-7-10-19(11-8-16)31-24-23(30)26(35)33(27(24)36)21-14-18(29)9-12-22(21)38-3/h4-15,31H,1-3H3,(H,32,34). The molecule has 0 aliphatic carbocycles. The van der Waals surface area contributed by atoms with Gasteiger partial charge in [-0.05, 0) is 74.5 Å². The minimum absolute atomic E-state index is 0.133. The van der Waals surface area contributed by atoms with Gasteiger partial charge in [0.2, 0.25) is 0 Å². The van der Waals surface area contributed by atoms with Gasteiger partial charge in [0.05, 0.1) is 24.5 Å². The summed E-state index contributed by atoms with van der Waals surface area (Å²) in [7, 11) is 1.40. The van der Waals surface area contributed by atoms with E-state index in [1.807, 2.05) is 0 Å². The molecule has 0 saturated heterocycles. The molecule has 200 valence electrons. The lowest BCUT2D eigenvalue weighted by molar-refractivity contribution is -0.120. The summed E-state index contributed by atoms with van der Waals surface area (Å²) >= 11 is 12.3. The minimum Gasteiger partial charge on any atom is -0.495 e. The Morgan fingerprint density at radius 1 is 0.872 bits per heavy atom. The second kappa shape index (κ2) is 11.6. The van der Waals surface area contributed by atoms with E-state index in [1.165, 1.54) is 37.4 Å². The van der Waals surface area contributed by atoms with Crippen molar-refractivity contribution < 1.29 is 28.7 Å². The van der Waals surface area contributed by atoms with E-state index in [9.17, 15) is 19.2 Å².